The topological polar surface area (TPSA) is 80.3 Å². The first-order valence-electron chi connectivity index (χ1n) is 10.1. The molecule has 3 aromatic rings. The second kappa shape index (κ2) is 9.08. The fourth-order valence-corrected chi connectivity index (χ4v) is 3.48. The van der Waals surface area contributed by atoms with E-state index in [1.807, 2.05) is 0 Å². The third kappa shape index (κ3) is 4.25. The van der Waals surface area contributed by atoms with Gasteiger partial charge in [-0.25, -0.2) is 4.79 Å². The van der Waals surface area contributed by atoms with Crippen molar-refractivity contribution in [3.05, 3.63) is 82.6 Å². The van der Waals surface area contributed by atoms with E-state index in [0.29, 0.717) is 51.0 Å². The summed E-state index contributed by atoms with van der Waals surface area (Å²) in [5.41, 5.74) is 1.91. The summed E-state index contributed by atoms with van der Waals surface area (Å²) in [6.45, 7) is 1.73. The quantitative estimate of drug-likeness (QED) is 0.304. The highest BCUT2D eigenvalue weighted by molar-refractivity contribution is 6.15. The van der Waals surface area contributed by atoms with Crippen LogP contribution in [-0.2, 0) is 0 Å². The molecule has 0 unspecified atom stereocenters. The van der Waals surface area contributed by atoms with Gasteiger partial charge in [-0.15, -0.1) is 0 Å². The highest BCUT2D eigenvalue weighted by Gasteiger charge is 2.31. The Morgan fingerprint density at radius 3 is 2.33 bits per heavy atom. The molecule has 0 aliphatic carbocycles. The summed E-state index contributed by atoms with van der Waals surface area (Å²) < 4.78 is 27.3. The van der Waals surface area contributed by atoms with Crippen molar-refractivity contribution in [1.82, 2.24) is 0 Å². The average molecular weight is 446 g/mol. The zero-order valence-corrected chi connectivity index (χ0v) is 18.6. The normalized spacial score (nSPS) is 13.3. The van der Waals surface area contributed by atoms with Gasteiger partial charge in [0, 0.05) is 11.1 Å². The van der Waals surface area contributed by atoms with Crippen LogP contribution in [0, 0.1) is 6.92 Å². The van der Waals surface area contributed by atoms with Crippen molar-refractivity contribution in [3.8, 4) is 28.7 Å². The predicted octanol–water partition coefficient (Wildman–Crippen LogP) is 4.86. The Bertz CT molecular complexity index is 1270. The van der Waals surface area contributed by atoms with E-state index in [9.17, 15) is 9.59 Å². The molecule has 168 valence electrons. The van der Waals surface area contributed by atoms with E-state index in [2.05, 4.69) is 0 Å². The van der Waals surface area contributed by atoms with E-state index >= 15 is 0 Å². The third-order valence-corrected chi connectivity index (χ3v) is 5.27. The number of allylic oxidation sites excluding steroid dienone is 1. The smallest absolute Gasteiger partial charge is 0.343 e. The molecular weight excluding hydrogens is 424 g/mol. The lowest BCUT2D eigenvalue weighted by molar-refractivity contribution is 0.0732. The van der Waals surface area contributed by atoms with Crippen molar-refractivity contribution in [2.45, 2.75) is 6.92 Å². The fourth-order valence-electron chi connectivity index (χ4n) is 3.48. The molecule has 0 radical (unpaired) electrons. The molecule has 0 N–H and O–H groups in total. The van der Waals surface area contributed by atoms with Gasteiger partial charge in [0.1, 0.15) is 28.7 Å². The van der Waals surface area contributed by atoms with Crippen molar-refractivity contribution in [2.75, 3.05) is 21.3 Å². The van der Waals surface area contributed by atoms with Gasteiger partial charge >= 0.3 is 5.97 Å². The van der Waals surface area contributed by atoms with Crippen LogP contribution in [-0.4, -0.2) is 33.1 Å². The van der Waals surface area contributed by atoms with Crippen LogP contribution >= 0.6 is 0 Å². The van der Waals surface area contributed by atoms with Gasteiger partial charge < -0.3 is 23.7 Å². The van der Waals surface area contributed by atoms with Crippen molar-refractivity contribution in [2.24, 2.45) is 0 Å². The second-order valence-electron chi connectivity index (χ2n) is 7.23. The molecule has 0 saturated carbocycles. The number of carbonyl (C=O) groups is 2. The molecule has 0 spiro atoms. The zero-order valence-electron chi connectivity index (χ0n) is 18.6. The van der Waals surface area contributed by atoms with Crippen LogP contribution in [0.1, 0.15) is 31.8 Å². The number of esters is 1. The van der Waals surface area contributed by atoms with Gasteiger partial charge in [-0.3, -0.25) is 4.79 Å². The number of ether oxygens (including phenoxy) is 5. The van der Waals surface area contributed by atoms with Crippen LogP contribution in [0.5, 0.6) is 28.7 Å². The van der Waals surface area contributed by atoms with E-state index in [4.69, 9.17) is 23.7 Å². The number of ketones is 1. The molecule has 0 saturated heterocycles. The average Bonchev–Trinajstić information content (AvgIpc) is 3.16. The maximum absolute atomic E-state index is 12.9. The van der Waals surface area contributed by atoms with Crippen LogP contribution in [0.4, 0.5) is 0 Å². The molecule has 4 rings (SSSR count). The summed E-state index contributed by atoms with van der Waals surface area (Å²) >= 11 is 0. The van der Waals surface area contributed by atoms with Crippen molar-refractivity contribution in [1.29, 1.82) is 0 Å². The van der Waals surface area contributed by atoms with Crippen molar-refractivity contribution < 1.29 is 33.3 Å². The lowest BCUT2D eigenvalue weighted by atomic mass is 10.1. The Labute approximate surface area is 191 Å². The largest absolute Gasteiger partial charge is 0.497 e. The highest BCUT2D eigenvalue weighted by Crippen LogP contribution is 2.40. The SMILES string of the molecule is COc1cccc(C(=O)Oc2ccc3c(c2C)O/C(=C\c2cc(OC)ccc2OC)C3=O)c1. The van der Waals surface area contributed by atoms with E-state index in [-0.39, 0.29) is 11.5 Å². The maximum Gasteiger partial charge on any atom is 0.343 e. The van der Waals surface area contributed by atoms with E-state index in [0.717, 1.165) is 0 Å². The molecule has 0 aromatic heterocycles. The maximum atomic E-state index is 12.9. The van der Waals surface area contributed by atoms with Gasteiger partial charge in [-0.05, 0) is 61.5 Å². The Hall–Kier alpha value is -4.26. The highest BCUT2D eigenvalue weighted by atomic mass is 16.5. The summed E-state index contributed by atoms with van der Waals surface area (Å²) in [7, 11) is 4.63. The molecule has 0 fully saturated rings. The summed E-state index contributed by atoms with van der Waals surface area (Å²) in [5.74, 6) is 1.71. The van der Waals surface area contributed by atoms with Crippen molar-refractivity contribution in [3.63, 3.8) is 0 Å². The molecule has 33 heavy (non-hydrogen) atoms. The van der Waals surface area contributed by atoms with Gasteiger partial charge in [0.05, 0.1) is 32.5 Å². The van der Waals surface area contributed by atoms with Gasteiger partial charge in [0.25, 0.3) is 0 Å². The van der Waals surface area contributed by atoms with E-state index < -0.39 is 5.97 Å². The number of Topliss-reactive ketones (excluding diaryl/α,β-unsaturated/α-hetero) is 1. The van der Waals surface area contributed by atoms with Gasteiger partial charge in [-0.2, -0.15) is 0 Å². The van der Waals surface area contributed by atoms with Crippen LogP contribution in [0.2, 0.25) is 0 Å². The first-order chi connectivity index (χ1) is 15.9. The number of hydrogen-bond donors (Lipinski definition) is 0. The first-order valence-corrected chi connectivity index (χ1v) is 10.1. The van der Waals surface area contributed by atoms with Crippen molar-refractivity contribution >= 4 is 17.8 Å². The van der Waals surface area contributed by atoms with Crippen LogP contribution < -0.4 is 23.7 Å². The lowest BCUT2D eigenvalue weighted by Crippen LogP contribution is -2.09. The Morgan fingerprint density at radius 1 is 0.879 bits per heavy atom. The Kier molecular flexibility index (Phi) is 6.04. The molecule has 1 aliphatic heterocycles. The van der Waals surface area contributed by atoms with Gasteiger partial charge in [-0.1, -0.05) is 6.07 Å². The predicted molar refractivity (Wildman–Crippen MR) is 122 cm³/mol. The molecule has 7 heteroatoms. The minimum atomic E-state index is -0.543. The van der Waals surface area contributed by atoms with Crippen LogP contribution in [0.3, 0.4) is 0 Å². The molecule has 0 bridgehead atoms. The number of rotatable bonds is 6. The Balaban J connectivity index is 1.63. The number of hydrogen-bond acceptors (Lipinski definition) is 7. The van der Waals surface area contributed by atoms with Crippen LogP contribution in [0.25, 0.3) is 6.08 Å². The molecule has 3 aromatic carbocycles. The minimum Gasteiger partial charge on any atom is -0.497 e. The first kappa shape index (κ1) is 22.0. The molecule has 7 nitrogen and oxygen atoms in total. The molecular formula is C26H22O7. The molecule has 0 atom stereocenters. The zero-order chi connectivity index (χ0) is 23.5. The monoisotopic (exact) mass is 446 g/mol. The van der Waals surface area contributed by atoms with Crippen LogP contribution in [0.15, 0.2) is 60.4 Å². The Morgan fingerprint density at radius 2 is 1.61 bits per heavy atom. The minimum absolute atomic E-state index is 0.135. The number of benzene rings is 3. The number of fused-ring (bicyclic) bond motifs is 1. The molecule has 0 amide bonds. The number of carbonyl (C=O) groups excluding carboxylic acids is 2. The fraction of sp³-hybridized carbons (Fsp3) is 0.154. The summed E-state index contributed by atoms with van der Waals surface area (Å²) in [4.78, 5) is 25.6. The molecule has 1 aliphatic rings. The third-order valence-electron chi connectivity index (χ3n) is 5.27. The summed E-state index contributed by atoms with van der Waals surface area (Å²) in [5, 5.41) is 0. The standard InChI is InChI=1S/C26H22O7/c1-15-21(33-26(28)16-6-5-7-18(12-16)29-2)11-9-20-24(27)23(32-25(15)20)14-17-13-19(30-3)8-10-22(17)31-4/h5-14H,1-4H3/b23-14-. The lowest BCUT2D eigenvalue weighted by Gasteiger charge is -2.11. The number of methoxy groups -OCH3 is 3. The molecule has 1 heterocycles. The van der Waals surface area contributed by atoms with E-state index in [1.165, 1.54) is 7.11 Å². The summed E-state index contributed by atoms with van der Waals surface area (Å²) in [6.07, 6.45) is 1.60. The second-order valence-corrected chi connectivity index (χ2v) is 7.23. The van der Waals surface area contributed by atoms with Gasteiger partial charge in [0.15, 0.2) is 5.76 Å². The van der Waals surface area contributed by atoms with Gasteiger partial charge in [0.2, 0.25) is 5.78 Å². The van der Waals surface area contributed by atoms with E-state index in [1.54, 1.807) is 81.8 Å². The summed E-state index contributed by atoms with van der Waals surface area (Å²) in [6, 6.07) is 15.1.